The van der Waals surface area contributed by atoms with Gasteiger partial charge in [0, 0.05) is 31.4 Å². The van der Waals surface area contributed by atoms with Gasteiger partial charge in [0.25, 0.3) is 0 Å². The maximum atomic E-state index is 4.64. The molecule has 0 spiro atoms. The zero-order chi connectivity index (χ0) is 16.0. The van der Waals surface area contributed by atoms with E-state index in [1.807, 2.05) is 6.20 Å². The molecule has 0 atom stereocenters. The Balaban J connectivity index is 1.97. The molecular weight excluding hydrogens is 274 g/mol. The zero-order valence-corrected chi connectivity index (χ0v) is 14.3. The van der Waals surface area contributed by atoms with Crippen LogP contribution in [0.4, 0.5) is 5.82 Å². The van der Waals surface area contributed by atoms with Crippen molar-refractivity contribution in [3.05, 3.63) is 23.9 Å². The summed E-state index contributed by atoms with van der Waals surface area (Å²) in [4.78, 5) is 11.6. The number of rotatable bonds is 4. The van der Waals surface area contributed by atoms with E-state index < -0.39 is 0 Å². The Morgan fingerprint density at radius 3 is 2.55 bits per heavy atom. The Morgan fingerprint density at radius 1 is 1.27 bits per heavy atom. The molecule has 2 rings (SSSR count). The minimum Gasteiger partial charge on any atom is -0.357 e. The van der Waals surface area contributed by atoms with E-state index in [-0.39, 0.29) is 5.54 Å². The smallest absolute Gasteiger partial charge is 0.191 e. The van der Waals surface area contributed by atoms with Crippen LogP contribution in [-0.2, 0) is 6.54 Å². The number of aliphatic imine (C=N–C) groups is 1. The van der Waals surface area contributed by atoms with Crippen LogP contribution >= 0.6 is 0 Å². The molecule has 0 aliphatic carbocycles. The largest absolute Gasteiger partial charge is 0.357 e. The van der Waals surface area contributed by atoms with Crippen LogP contribution in [0.5, 0.6) is 0 Å². The second kappa shape index (κ2) is 7.47. The minimum atomic E-state index is -0.00113. The van der Waals surface area contributed by atoms with Crippen LogP contribution in [0.1, 0.15) is 46.1 Å². The van der Waals surface area contributed by atoms with E-state index in [9.17, 15) is 0 Å². The number of pyridine rings is 1. The molecule has 1 aromatic rings. The number of anilines is 1. The number of nitrogens with zero attached hydrogens (tertiary/aromatic N) is 3. The highest BCUT2D eigenvalue weighted by molar-refractivity contribution is 5.80. The van der Waals surface area contributed by atoms with Crippen molar-refractivity contribution in [2.45, 2.75) is 52.6 Å². The monoisotopic (exact) mass is 303 g/mol. The third kappa shape index (κ3) is 5.20. The summed E-state index contributed by atoms with van der Waals surface area (Å²) in [6, 6.07) is 4.24. The average Bonchev–Trinajstić information content (AvgIpc) is 2.98. The van der Waals surface area contributed by atoms with Gasteiger partial charge in [0.15, 0.2) is 5.96 Å². The van der Waals surface area contributed by atoms with E-state index in [0.29, 0.717) is 6.54 Å². The van der Waals surface area contributed by atoms with E-state index in [0.717, 1.165) is 37.0 Å². The van der Waals surface area contributed by atoms with Gasteiger partial charge in [0.2, 0.25) is 0 Å². The van der Waals surface area contributed by atoms with Gasteiger partial charge in [-0.3, -0.25) is 0 Å². The first-order valence-electron chi connectivity index (χ1n) is 8.24. The fourth-order valence-corrected chi connectivity index (χ4v) is 2.48. The second-order valence-electron chi connectivity index (χ2n) is 6.79. The molecule has 1 fully saturated rings. The Kier molecular flexibility index (Phi) is 5.63. The van der Waals surface area contributed by atoms with Gasteiger partial charge < -0.3 is 15.5 Å². The molecule has 1 aromatic heterocycles. The molecule has 122 valence electrons. The van der Waals surface area contributed by atoms with Crippen LogP contribution in [0.25, 0.3) is 0 Å². The molecular formula is C17H29N5. The van der Waals surface area contributed by atoms with E-state index >= 15 is 0 Å². The van der Waals surface area contributed by atoms with E-state index in [2.05, 4.69) is 65.3 Å². The number of hydrogen-bond acceptors (Lipinski definition) is 3. The molecule has 0 radical (unpaired) electrons. The number of nitrogens with one attached hydrogen (secondary N) is 2. The van der Waals surface area contributed by atoms with Crippen LogP contribution in [0.15, 0.2) is 23.3 Å². The van der Waals surface area contributed by atoms with Crippen molar-refractivity contribution in [2.75, 3.05) is 24.5 Å². The molecule has 0 amide bonds. The molecule has 2 N–H and O–H groups in total. The molecule has 1 aliphatic heterocycles. The average molecular weight is 303 g/mol. The Morgan fingerprint density at radius 2 is 2.00 bits per heavy atom. The molecule has 1 saturated heterocycles. The van der Waals surface area contributed by atoms with Crippen LogP contribution in [0.2, 0.25) is 0 Å². The highest BCUT2D eigenvalue weighted by atomic mass is 15.2. The van der Waals surface area contributed by atoms with Crippen LogP contribution in [0, 0.1) is 0 Å². The summed E-state index contributed by atoms with van der Waals surface area (Å²) >= 11 is 0. The van der Waals surface area contributed by atoms with Crippen molar-refractivity contribution >= 4 is 11.8 Å². The van der Waals surface area contributed by atoms with Crippen LogP contribution in [-0.4, -0.2) is 36.1 Å². The highest BCUT2D eigenvalue weighted by Gasteiger charge is 2.13. The first-order valence-corrected chi connectivity index (χ1v) is 8.24. The quantitative estimate of drug-likeness (QED) is 0.663. The zero-order valence-electron chi connectivity index (χ0n) is 14.3. The molecule has 0 unspecified atom stereocenters. The lowest BCUT2D eigenvalue weighted by atomic mass is 10.1. The fourth-order valence-electron chi connectivity index (χ4n) is 2.48. The molecule has 5 heteroatoms. The molecule has 0 aromatic carbocycles. The summed E-state index contributed by atoms with van der Waals surface area (Å²) in [5, 5.41) is 6.67. The Labute approximate surface area is 134 Å². The summed E-state index contributed by atoms with van der Waals surface area (Å²) in [6.45, 7) is 12.2. The van der Waals surface area contributed by atoms with E-state index in [1.54, 1.807) is 0 Å². The predicted molar refractivity (Wildman–Crippen MR) is 93.4 cm³/mol. The predicted octanol–water partition coefficient (Wildman–Crippen LogP) is 2.54. The van der Waals surface area contributed by atoms with Gasteiger partial charge in [0.05, 0.1) is 6.54 Å². The lowest BCUT2D eigenvalue weighted by Gasteiger charge is -2.23. The Bertz CT molecular complexity index is 481. The van der Waals surface area contributed by atoms with Crippen molar-refractivity contribution in [1.82, 2.24) is 15.6 Å². The third-order valence-electron chi connectivity index (χ3n) is 3.50. The molecule has 0 bridgehead atoms. The van der Waals surface area contributed by atoms with Crippen molar-refractivity contribution in [3.8, 4) is 0 Å². The maximum Gasteiger partial charge on any atom is 0.191 e. The summed E-state index contributed by atoms with van der Waals surface area (Å²) in [6.07, 6.45) is 4.49. The SMILES string of the molecule is CCNC(=NCc1ccc(N2CCCC2)nc1)NC(C)(C)C. The number of guanidine groups is 1. The van der Waals surface area contributed by atoms with Crippen molar-refractivity contribution in [2.24, 2.45) is 4.99 Å². The van der Waals surface area contributed by atoms with Gasteiger partial charge in [-0.25, -0.2) is 9.98 Å². The van der Waals surface area contributed by atoms with E-state index in [1.165, 1.54) is 12.8 Å². The first-order chi connectivity index (χ1) is 10.5. The van der Waals surface area contributed by atoms with Gasteiger partial charge in [-0.15, -0.1) is 0 Å². The van der Waals surface area contributed by atoms with Gasteiger partial charge in [-0.05, 0) is 52.2 Å². The standard InChI is InChI=1S/C17H29N5/c1-5-18-16(21-17(2,3)4)20-13-14-8-9-15(19-12-14)22-10-6-7-11-22/h8-9,12H,5-7,10-11,13H2,1-4H3,(H2,18,20,21). The Hall–Kier alpha value is -1.78. The van der Waals surface area contributed by atoms with E-state index in [4.69, 9.17) is 0 Å². The van der Waals surface area contributed by atoms with Gasteiger partial charge in [-0.2, -0.15) is 0 Å². The summed E-state index contributed by atoms with van der Waals surface area (Å²) in [7, 11) is 0. The van der Waals surface area contributed by atoms with Crippen LogP contribution in [0.3, 0.4) is 0 Å². The topological polar surface area (TPSA) is 52.6 Å². The summed E-state index contributed by atoms with van der Waals surface area (Å²) in [5.41, 5.74) is 1.13. The maximum absolute atomic E-state index is 4.64. The summed E-state index contributed by atoms with van der Waals surface area (Å²) < 4.78 is 0. The van der Waals surface area contributed by atoms with Crippen molar-refractivity contribution < 1.29 is 0 Å². The highest BCUT2D eigenvalue weighted by Crippen LogP contribution is 2.17. The lowest BCUT2D eigenvalue weighted by Crippen LogP contribution is -2.47. The number of aromatic nitrogens is 1. The molecule has 2 heterocycles. The molecule has 0 saturated carbocycles. The number of hydrogen-bond donors (Lipinski definition) is 2. The normalized spacial score (nSPS) is 16.0. The van der Waals surface area contributed by atoms with Crippen LogP contribution < -0.4 is 15.5 Å². The first kappa shape index (κ1) is 16.6. The third-order valence-corrected chi connectivity index (χ3v) is 3.50. The molecule has 5 nitrogen and oxygen atoms in total. The second-order valence-corrected chi connectivity index (χ2v) is 6.79. The minimum absolute atomic E-state index is 0.00113. The molecule has 1 aliphatic rings. The van der Waals surface area contributed by atoms with Gasteiger partial charge in [-0.1, -0.05) is 6.07 Å². The fraction of sp³-hybridized carbons (Fsp3) is 0.647. The molecule has 22 heavy (non-hydrogen) atoms. The van der Waals surface area contributed by atoms with Gasteiger partial charge in [0.1, 0.15) is 5.82 Å². The summed E-state index contributed by atoms with van der Waals surface area (Å²) in [5.74, 6) is 1.93. The van der Waals surface area contributed by atoms with Crippen molar-refractivity contribution in [3.63, 3.8) is 0 Å². The van der Waals surface area contributed by atoms with Crippen molar-refractivity contribution in [1.29, 1.82) is 0 Å². The van der Waals surface area contributed by atoms with Gasteiger partial charge >= 0.3 is 0 Å². The lowest BCUT2D eigenvalue weighted by molar-refractivity contribution is 0.501.